The van der Waals surface area contributed by atoms with Gasteiger partial charge in [-0.1, -0.05) is 31.2 Å². The first-order valence-corrected chi connectivity index (χ1v) is 6.18. The number of nitrogens with one attached hydrogen (secondary N) is 1. The molecule has 2 atom stereocenters. The summed E-state index contributed by atoms with van der Waals surface area (Å²) in [7, 11) is 0. The van der Waals surface area contributed by atoms with Gasteiger partial charge in [0.25, 0.3) is 0 Å². The number of carboxylic acid groups (broad SMARTS) is 1. The molecule has 0 aliphatic carbocycles. The van der Waals surface area contributed by atoms with Gasteiger partial charge in [-0.25, -0.2) is 0 Å². The summed E-state index contributed by atoms with van der Waals surface area (Å²) in [6.45, 7) is 4.47. The minimum absolute atomic E-state index is 0.111. The van der Waals surface area contributed by atoms with Gasteiger partial charge >= 0.3 is 5.97 Å². The Morgan fingerprint density at radius 3 is 2.71 bits per heavy atom. The number of benzene rings is 1. The molecule has 0 saturated carbocycles. The fourth-order valence-electron chi connectivity index (χ4n) is 2.49. The van der Waals surface area contributed by atoms with Crippen molar-refractivity contribution in [2.24, 2.45) is 5.92 Å². The summed E-state index contributed by atoms with van der Waals surface area (Å²) in [4.78, 5) is 10.6. The summed E-state index contributed by atoms with van der Waals surface area (Å²) in [6.07, 6.45) is 1.34. The standard InChI is InChI=1S/C14H19NO2/c1-10(13-6-7-15-9-13)12-4-2-11(3-5-12)8-14(16)17/h2-5,10,13,15H,6-9H2,1H3,(H,16,17). The van der Waals surface area contributed by atoms with Crippen LogP contribution in [0.3, 0.4) is 0 Å². The summed E-state index contributed by atoms with van der Waals surface area (Å²) >= 11 is 0. The molecule has 1 saturated heterocycles. The second kappa shape index (κ2) is 5.32. The molecular weight excluding hydrogens is 214 g/mol. The Morgan fingerprint density at radius 2 is 2.18 bits per heavy atom. The third kappa shape index (κ3) is 3.07. The molecule has 2 unspecified atom stereocenters. The summed E-state index contributed by atoms with van der Waals surface area (Å²) in [5.41, 5.74) is 2.19. The summed E-state index contributed by atoms with van der Waals surface area (Å²) in [6, 6.07) is 8.01. The minimum atomic E-state index is -0.772. The number of aliphatic carboxylic acids is 1. The van der Waals surface area contributed by atoms with Crippen LogP contribution in [-0.2, 0) is 11.2 Å². The highest BCUT2D eigenvalue weighted by Crippen LogP contribution is 2.28. The zero-order chi connectivity index (χ0) is 12.3. The van der Waals surface area contributed by atoms with Gasteiger partial charge in [0.2, 0.25) is 0 Å². The first-order valence-electron chi connectivity index (χ1n) is 6.18. The molecule has 2 N–H and O–H groups in total. The molecule has 1 aliphatic rings. The molecule has 1 aromatic rings. The van der Waals surface area contributed by atoms with Gasteiger partial charge in [0.1, 0.15) is 0 Å². The van der Waals surface area contributed by atoms with E-state index in [9.17, 15) is 4.79 Å². The number of rotatable bonds is 4. The number of carboxylic acids is 1. The number of carbonyl (C=O) groups is 1. The Labute approximate surface area is 102 Å². The van der Waals surface area contributed by atoms with Crippen LogP contribution in [0.4, 0.5) is 0 Å². The van der Waals surface area contributed by atoms with E-state index in [4.69, 9.17) is 5.11 Å². The van der Waals surface area contributed by atoms with Crippen molar-refractivity contribution in [3.8, 4) is 0 Å². The van der Waals surface area contributed by atoms with E-state index in [0.29, 0.717) is 11.8 Å². The largest absolute Gasteiger partial charge is 0.481 e. The highest BCUT2D eigenvalue weighted by atomic mass is 16.4. The third-order valence-corrected chi connectivity index (χ3v) is 3.67. The van der Waals surface area contributed by atoms with Gasteiger partial charge in [-0.15, -0.1) is 0 Å². The summed E-state index contributed by atoms with van der Waals surface area (Å²) in [5.74, 6) is 0.481. The molecule has 3 heteroatoms. The maximum atomic E-state index is 10.6. The monoisotopic (exact) mass is 233 g/mol. The molecule has 1 aromatic carbocycles. The normalized spacial score (nSPS) is 21.4. The van der Waals surface area contributed by atoms with Gasteiger partial charge in [0, 0.05) is 0 Å². The molecule has 17 heavy (non-hydrogen) atoms. The smallest absolute Gasteiger partial charge is 0.307 e. The molecule has 1 fully saturated rings. The van der Waals surface area contributed by atoms with Crippen molar-refractivity contribution in [1.29, 1.82) is 0 Å². The van der Waals surface area contributed by atoms with Gasteiger partial charge in [0.05, 0.1) is 6.42 Å². The van der Waals surface area contributed by atoms with Crippen molar-refractivity contribution in [3.63, 3.8) is 0 Å². The van der Waals surface area contributed by atoms with Crippen LogP contribution >= 0.6 is 0 Å². The van der Waals surface area contributed by atoms with E-state index in [1.807, 2.05) is 12.1 Å². The molecule has 1 aliphatic heterocycles. The van der Waals surface area contributed by atoms with E-state index in [0.717, 1.165) is 18.7 Å². The first kappa shape index (κ1) is 12.1. The third-order valence-electron chi connectivity index (χ3n) is 3.67. The molecule has 2 rings (SSSR count). The van der Waals surface area contributed by atoms with Crippen LogP contribution in [0.2, 0.25) is 0 Å². The van der Waals surface area contributed by atoms with Gasteiger partial charge in [-0.2, -0.15) is 0 Å². The second-order valence-electron chi connectivity index (χ2n) is 4.85. The average molecular weight is 233 g/mol. The van der Waals surface area contributed by atoms with Gasteiger partial charge < -0.3 is 10.4 Å². The van der Waals surface area contributed by atoms with E-state index >= 15 is 0 Å². The predicted molar refractivity (Wildman–Crippen MR) is 67.2 cm³/mol. The Balaban J connectivity index is 2.03. The highest BCUT2D eigenvalue weighted by Gasteiger charge is 2.22. The lowest BCUT2D eigenvalue weighted by Gasteiger charge is -2.18. The molecule has 0 radical (unpaired) electrons. The molecular formula is C14H19NO2. The van der Waals surface area contributed by atoms with E-state index in [-0.39, 0.29) is 6.42 Å². The lowest BCUT2D eigenvalue weighted by Crippen LogP contribution is -2.14. The highest BCUT2D eigenvalue weighted by molar-refractivity contribution is 5.70. The lowest BCUT2D eigenvalue weighted by atomic mass is 9.86. The summed E-state index contributed by atoms with van der Waals surface area (Å²) < 4.78 is 0. The Kier molecular flexibility index (Phi) is 3.79. The van der Waals surface area contributed by atoms with Crippen LogP contribution in [0.25, 0.3) is 0 Å². The van der Waals surface area contributed by atoms with Crippen LogP contribution in [-0.4, -0.2) is 24.2 Å². The van der Waals surface area contributed by atoms with E-state index in [1.165, 1.54) is 12.0 Å². The SMILES string of the molecule is CC(c1ccc(CC(=O)O)cc1)C1CCNC1. The van der Waals surface area contributed by atoms with Crippen LogP contribution < -0.4 is 5.32 Å². The van der Waals surface area contributed by atoms with Crippen LogP contribution in [0, 0.1) is 5.92 Å². The first-order chi connectivity index (χ1) is 8.16. The van der Waals surface area contributed by atoms with E-state index in [1.54, 1.807) is 0 Å². The maximum Gasteiger partial charge on any atom is 0.307 e. The maximum absolute atomic E-state index is 10.6. The van der Waals surface area contributed by atoms with Gasteiger partial charge in [-0.05, 0) is 42.5 Å². The van der Waals surface area contributed by atoms with Crippen LogP contribution in [0.1, 0.15) is 30.4 Å². The summed E-state index contributed by atoms with van der Waals surface area (Å²) in [5, 5.41) is 12.1. The molecule has 1 heterocycles. The zero-order valence-corrected chi connectivity index (χ0v) is 10.1. The fourth-order valence-corrected chi connectivity index (χ4v) is 2.49. The number of hydrogen-bond acceptors (Lipinski definition) is 2. The van der Waals surface area contributed by atoms with Crippen molar-refractivity contribution in [2.75, 3.05) is 13.1 Å². The van der Waals surface area contributed by atoms with Crippen LogP contribution in [0.5, 0.6) is 0 Å². The Hall–Kier alpha value is -1.35. The van der Waals surface area contributed by atoms with Crippen molar-refractivity contribution in [3.05, 3.63) is 35.4 Å². The van der Waals surface area contributed by atoms with Crippen molar-refractivity contribution >= 4 is 5.97 Å². The Morgan fingerprint density at radius 1 is 1.47 bits per heavy atom. The molecule has 92 valence electrons. The molecule has 0 amide bonds. The second-order valence-corrected chi connectivity index (χ2v) is 4.85. The van der Waals surface area contributed by atoms with Crippen molar-refractivity contribution in [2.45, 2.75) is 25.7 Å². The quantitative estimate of drug-likeness (QED) is 0.836. The van der Waals surface area contributed by atoms with Gasteiger partial charge in [0.15, 0.2) is 0 Å². The van der Waals surface area contributed by atoms with Crippen LogP contribution in [0.15, 0.2) is 24.3 Å². The average Bonchev–Trinajstić information content (AvgIpc) is 2.82. The molecule has 0 bridgehead atoms. The molecule has 0 aromatic heterocycles. The van der Waals surface area contributed by atoms with E-state index in [2.05, 4.69) is 24.4 Å². The van der Waals surface area contributed by atoms with Gasteiger partial charge in [-0.3, -0.25) is 4.79 Å². The fraction of sp³-hybridized carbons (Fsp3) is 0.500. The topological polar surface area (TPSA) is 49.3 Å². The molecule has 0 spiro atoms. The minimum Gasteiger partial charge on any atom is -0.481 e. The van der Waals surface area contributed by atoms with Crippen molar-refractivity contribution in [1.82, 2.24) is 5.32 Å². The predicted octanol–water partition coefficient (Wildman–Crippen LogP) is 2.03. The Bertz CT molecular complexity index is 380. The van der Waals surface area contributed by atoms with Crippen molar-refractivity contribution < 1.29 is 9.90 Å². The lowest BCUT2D eigenvalue weighted by molar-refractivity contribution is -0.136. The zero-order valence-electron chi connectivity index (χ0n) is 10.1. The molecule has 3 nitrogen and oxygen atoms in total. The number of hydrogen-bond donors (Lipinski definition) is 2. The van der Waals surface area contributed by atoms with E-state index < -0.39 is 5.97 Å².